The molecule has 3 fully saturated rings. The molecule has 0 aromatic rings. The molecular formula is C25H35N3O2. The summed E-state index contributed by atoms with van der Waals surface area (Å²) in [5.41, 5.74) is 3.32. The van der Waals surface area contributed by atoms with E-state index in [1.807, 2.05) is 0 Å². The SMILES string of the molecule is C[C@]12CC[C@@H](OCCC#N)CC1=CC[C@@H]1[C@@H]2CC[C@]2(C)/C(=N\OCCC#N)CC[C@@H]12. The molecule has 4 aliphatic rings. The average Bonchev–Trinajstić information content (AvgIpc) is 3.08. The van der Waals surface area contributed by atoms with Crippen LogP contribution in [0.1, 0.15) is 78.1 Å². The van der Waals surface area contributed by atoms with Gasteiger partial charge >= 0.3 is 0 Å². The fourth-order valence-corrected chi connectivity index (χ4v) is 7.19. The number of ether oxygens (including phenoxy) is 1. The largest absolute Gasteiger partial charge is 0.395 e. The predicted molar refractivity (Wildman–Crippen MR) is 115 cm³/mol. The number of hydrogen-bond acceptors (Lipinski definition) is 5. The first-order valence-corrected chi connectivity index (χ1v) is 11.8. The van der Waals surface area contributed by atoms with Gasteiger partial charge in [-0.1, -0.05) is 30.7 Å². The first-order chi connectivity index (χ1) is 14.5. The maximum atomic E-state index is 8.77. The van der Waals surface area contributed by atoms with Crippen molar-refractivity contribution in [2.75, 3.05) is 13.2 Å². The summed E-state index contributed by atoms with van der Waals surface area (Å²) in [7, 11) is 0. The highest BCUT2D eigenvalue weighted by Gasteiger charge is 2.58. The van der Waals surface area contributed by atoms with Gasteiger partial charge in [-0.25, -0.2) is 0 Å². The molecule has 0 unspecified atom stereocenters. The molecule has 4 aliphatic carbocycles. The third-order valence-corrected chi connectivity index (χ3v) is 8.85. The van der Waals surface area contributed by atoms with Gasteiger partial charge in [0.2, 0.25) is 0 Å². The molecule has 3 saturated carbocycles. The summed E-state index contributed by atoms with van der Waals surface area (Å²) < 4.78 is 5.99. The maximum Gasteiger partial charge on any atom is 0.130 e. The molecule has 0 heterocycles. The zero-order chi connectivity index (χ0) is 21.2. The van der Waals surface area contributed by atoms with Crippen LogP contribution in [0.5, 0.6) is 0 Å². The standard InChI is InChI=1S/C25H35N3O2/c1-24-11-9-19(29-15-3-13-26)17-18(24)5-6-20-21-7-8-23(28-30-16-4-14-27)25(21,2)12-10-22(20)24/h5,19-22H,3-4,6-12,15-17H2,1-2H3/b28-23-/t19-,20+,21+,22+,24+,25+/m1/s1. The van der Waals surface area contributed by atoms with Gasteiger partial charge in [-0.15, -0.1) is 0 Å². The van der Waals surface area contributed by atoms with Gasteiger partial charge in [-0.05, 0) is 74.5 Å². The van der Waals surface area contributed by atoms with Gasteiger partial charge in [0.25, 0.3) is 0 Å². The van der Waals surface area contributed by atoms with Crippen molar-refractivity contribution in [1.29, 1.82) is 10.5 Å². The Hall–Kier alpha value is -1.85. The molecule has 6 atom stereocenters. The Balaban J connectivity index is 1.47. The van der Waals surface area contributed by atoms with Gasteiger partial charge in [0.1, 0.15) is 6.61 Å². The van der Waals surface area contributed by atoms with Crippen molar-refractivity contribution in [3.05, 3.63) is 11.6 Å². The molecule has 0 N–H and O–H groups in total. The van der Waals surface area contributed by atoms with Gasteiger partial charge in [0.05, 0.1) is 43.4 Å². The number of allylic oxidation sites excluding steroid dienone is 1. The summed E-state index contributed by atoms with van der Waals surface area (Å²) in [5, 5.41) is 22.0. The first kappa shape index (κ1) is 21.4. The number of nitrogens with zero attached hydrogens (tertiary/aromatic N) is 3. The highest BCUT2D eigenvalue weighted by atomic mass is 16.6. The van der Waals surface area contributed by atoms with E-state index >= 15 is 0 Å². The van der Waals surface area contributed by atoms with Crippen LogP contribution >= 0.6 is 0 Å². The summed E-state index contributed by atoms with van der Waals surface area (Å²) in [4.78, 5) is 5.49. The van der Waals surface area contributed by atoms with Crippen molar-refractivity contribution < 1.29 is 9.57 Å². The van der Waals surface area contributed by atoms with E-state index in [0.29, 0.717) is 43.5 Å². The summed E-state index contributed by atoms with van der Waals surface area (Å²) in [6, 6.07) is 4.30. The zero-order valence-electron chi connectivity index (χ0n) is 18.5. The summed E-state index contributed by atoms with van der Waals surface area (Å²) in [6.45, 7) is 5.89. The van der Waals surface area contributed by atoms with E-state index in [9.17, 15) is 0 Å². The molecule has 0 saturated heterocycles. The van der Waals surface area contributed by atoms with Gasteiger partial charge in [-0.3, -0.25) is 0 Å². The summed E-state index contributed by atoms with van der Waals surface area (Å²) in [6.07, 6.45) is 13.0. The minimum absolute atomic E-state index is 0.160. The lowest BCUT2D eigenvalue weighted by molar-refractivity contribution is -0.0362. The van der Waals surface area contributed by atoms with Crippen molar-refractivity contribution in [3.8, 4) is 12.1 Å². The molecule has 0 bridgehead atoms. The molecule has 0 amide bonds. The lowest BCUT2D eigenvalue weighted by Crippen LogP contribution is -2.50. The molecule has 0 aliphatic heterocycles. The van der Waals surface area contributed by atoms with Crippen LogP contribution in [0.2, 0.25) is 0 Å². The van der Waals surface area contributed by atoms with E-state index in [2.05, 4.69) is 37.2 Å². The van der Waals surface area contributed by atoms with Crippen LogP contribution in [0.25, 0.3) is 0 Å². The van der Waals surface area contributed by atoms with Crippen molar-refractivity contribution >= 4 is 5.71 Å². The van der Waals surface area contributed by atoms with Gasteiger partial charge in [0, 0.05) is 5.41 Å². The second-order valence-electron chi connectivity index (χ2n) is 10.2. The molecule has 162 valence electrons. The summed E-state index contributed by atoms with van der Waals surface area (Å²) >= 11 is 0. The zero-order valence-corrected chi connectivity index (χ0v) is 18.5. The van der Waals surface area contributed by atoms with Gasteiger partial charge in [-0.2, -0.15) is 10.5 Å². The van der Waals surface area contributed by atoms with Crippen molar-refractivity contribution in [2.24, 2.45) is 33.7 Å². The van der Waals surface area contributed by atoms with Crippen LogP contribution in [-0.4, -0.2) is 25.0 Å². The van der Waals surface area contributed by atoms with Crippen LogP contribution in [0, 0.1) is 51.2 Å². The number of nitriles is 2. The molecule has 5 heteroatoms. The van der Waals surface area contributed by atoms with E-state index in [-0.39, 0.29) is 5.41 Å². The first-order valence-electron chi connectivity index (χ1n) is 11.8. The number of hydrogen-bond donors (Lipinski definition) is 0. The third-order valence-electron chi connectivity index (χ3n) is 8.85. The van der Waals surface area contributed by atoms with Crippen molar-refractivity contribution in [2.45, 2.75) is 84.2 Å². The maximum absolute atomic E-state index is 8.77. The van der Waals surface area contributed by atoms with E-state index in [1.165, 1.54) is 37.8 Å². The van der Waals surface area contributed by atoms with Crippen molar-refractivity contribution in [1.82, 2.24) is 0 Å². The highest BCUT2D eigenvalue weighted by molar-refractivity contribution is 5.92. The number of rotatable bonds is 6. The molecule has 4 rings (SSSR count). The lowest BCUT2D eigenvalue weighted by Gasteiger charge is -2.57. The molecular weight excluding hydrogens is 374 g/mol. The van der Waals surface area contributed by atoms with Gasteiger partial charge in [0.15, 0.2) is 0 Å². The average molecular weight is 410 g/mol. The van der Waals surface area contributed by atoms with Crippen LogP contribution in [0.3, 0.4) is 0 Å². The molecule has 30 heavy (non-hydrogen) atoms. The van der Waals surface area contributed by atoms with Crippen molar-refractivity contribution in [3.63, 3.8) is 0 Å². The third kappa shape index (κ3) is 3.67. The monoisotopic (exact) mass is 409 g/mol. The van der Waals surface area contributed by atoms with Crippen LogP contribution in [0.15, 0.2) is 16.8 Å². The topological polar surface area (TPSA) is 78.4 Å². The minimum Gasteiger partial charge on any atom is -0.395 e. The van der Waals surface area contributed by atoms with Gasteiger partial charge < -0.3 is 9.57 Å². The molecule has 0 radical (unpaired) electrons. The quantitative estimate of drug-likeness (QED) is 0.328. The molecule has 0 spiro atoms. The second-order valence-corrected chi connectivity index (χ2v) is 10.2. The van der Waals surface area contributed by atoms with Crippen LogP contribution in [-0.2, 0) is 9.57 Å². The van der Waals surface area contributed by atoms with E-state index in [0.717, 1.165) is 31.1 Å². The fourth-order valence-electron chi connectivity index (χ4n) is 7.19. The Morgan fingerprint density at radius 2 is 1.77 bits per heavy atom. The number of oxime groups is 1. The normalized spacial score (nSPS) is 41.1. The smallest absolute Gasteiger partial charge is 0.130 e. The Labute approximate surface area is 181 Å². The Morgan fingerprint density at radius 1 is 1.03 bits per heavy atom. The van der Waals surface area contributed by atoms with Crippen LogP contribution < -0.4 is 0 Å². The van der Waals surface area contributed by atoms with E-state index in [4.69, 9.17) is 20.1 Å². The summed E-state index contributed by atoms with van der Waals surface area (Å²) in [5.74, 6) is 2.18. The number of fused-ring (bicyclic) bond motifs is 5. The lowest BCUT2D eigenvalue weighted by atomic mass is 9.48. The molecule has 0 aromatic heterocycles. The fraction of sp³-hybridized carbons (Fsp3) is 0.800. The molecule has 0 aromatic carbocycles. The highest BCUT2D eigenvalue weighted by Crippen LogP contribution is 2.64. The second kappa shape index (κ2) is 8.72. The molecule has 5 nitrogen and oxygen atoms in total. The predicted octanol–water partition coefficient (Wildman–Crippen LogP) is 5.53. The van der Waals surface area contributed by atoms with E-state index < -0.39 is 0 Å². The van der Waals surface area contributed by atoms with Crippen LogP contribution in [0.4, 0.5) is 0 Å². The Morgan fingerprint density at radius 3 is 2.57 bits per heavy atom. The Bertz CT molecular complexity index is 791. The Kier molecular flexibility index (Phi) is 6.21. The minimum atomic E-state index is 0.160. The van der Waals surface area contributed by atoms with E-state index in [1.54, 1.807) is 5.57 Å².